The quantitative estimate of drug-likeness (QED) is 0.777. The zero-order chi connectivity index (χ0) is 14.6. The minimum Gasteiger partial charge on any atom is -0.392 e. The van der Waals surface area contributed by atoms with Crippen molar-refractivity contribution in [3.05, 3.63) is 0 Å². The van der Waals surface area contributed by atoms with Crippen molar-refractivity contribution in [1.29, 1.82) is 0 Å². The molecule has 2 saturated carbocycles. The van der Waals surface area contributed by atoms with Crippen molar-refractivity contribution in [1.82, 2.24) is 4.72 Å². The first-order valence-corrected chi connectivity index (χ1v) is 8.76. The molecule has 0 aliphatic heterocycles. The lowest BCUT2D eigenvalue weighted by Crippen LogP contribution is -2.55. The predicted molar refractivity (Wildman–Crippen MR) is 81.3 cm³/mol. The van der Waals surface area contributed by atoms with Crippen LogP contribution in [0.4, 0.5) is 0 Å². The molecule has 4 atom stereocenters. The Labute approximate surface area is 121 Å². The van der Waals surface area contributed by atoms with Crippen LogP contribution in [0, 0.1) is 16.7 Å². The highest BCUT2D eigenvalue weighted by atomic mass is 32.2. The molecule has 0 radical (unpaired) electrons. The van der Waals surface area contributed by atoms with Crippen LogP contribution in [0.1, 0.15) is 47.0 Å². The molecule has 19 heavy (non-hydrogen) atoms. The Balaban J connectivity index is 2.26. The van der Waals surface area contributed by atoms with Crippen LogP contribution in [0.25, 0.3) is 0 Å². The molecule has 2 bridgehead atoms. The fourth-order valence-corrected chi connectivity index (χ4v) is 5.82. The number of rotatable bonds is 4. The first-order valence-electron chi connectivity index (χ1n) is 6.81. The van der Waals surface area contributed by atoms with Gasteiger partial charge in [0, 0.05) is 6.04 Å². The third-order valence-corrected chi connectivity index (χ3v) is 7.67. The maximum Gasteiger partial charge on any atom is 0.221 e. The summed E-state index contributed by atoms with van der Waals surface area (Å²) in [5, 5.41) is -0.818. The van der Waals surface area contributed by atoms with Gasteiger partial charge in [0.05, 0.1) is 4.99 Å². The number of hydrogen-bond acceptors (Lipinski definition) is 3. The second-order valence-electron chi connectivity index (χ2n) is 7.06. The van der Waals surface area contributed by atoms with Crippen LogP contribution in [0.2, 0.25) is 0 Å². The van der Waals surface area contributed by atoms with Gasteiger partial charge >= 0.3 is 0 Å². The molecule has 4 nitrogen and oxygen atoms in total. The molecule has 0 saturated heterocycles. The highest BCUT2D eigenvalue weighted by Gasteiger charge is 2.60. The Kier molecular flexibility index (Phi) is 3.52. The summed E-state index contributed by atoms with van der Waals surface area (Å²) in [5.74, 6) is 0.602. The largest absolute Gasteiger partial charge is 0.392 e. The van der Waals surface area contributed by atoms with E-state index in [1.54, 1.807) is 6.92 Å². The highest BCUT2D eigenvalue weighted by molar-refractivity contribution is 7.93. The maximum absolute atomic E-state index is 12.4. The van der Waals surface area contributed by atoms with E-state index in [0.717, 1.165) is 12.8 Å². The number of fused-ring (bicyclic) bond motifs is 2. The zero-order valence-corrected chi connectivity index (χ0v) is 13.7. The van der Waals surface area contributed by atoms with E-state index in [1.807, 2.05) is 0 Å². The van der Waals surface area contributed by atoms with Crippen molar-refractivity contribution in [3.8, 4) is 0 Å². The number of thiocarbonyl (C=S) groups is 1. The first kappa shape index (κ1) is 15.2. The van der Waals surface area contributed by atoms with Gasteiger partial charge in [-0.2, -0.15) is 0 Å². The van der Waals surface area contributed by atoms with Crippen LogP contribution >= 0.6 is 12.2 Å². The minimum atomic E-state index is -3.49. The highest BCUT2D eigenvalue weighted by Crippen LogP contribution is 2.62. The lowest BCUT2D eigenvalue weighted by Gasteiger charge is -2.43. The molecule has 0 aromatic carbocycles. The van der Waals surface area contributed by atoms with Gasteiger partial charge < -0.3 is 5.73 Å². The van der Waals surface area contributed by atoms with Crippen LogP contribution in [0.15, 0.2) is 0 Å². The molecule has 2 rings (SSSR count). The molecule has 3 N–H and O–H groups in total. The van der Waals surface area contributed by atoms with Gasteiger partial charge in [-0.3, -0.25) is 0 Å². The second kappa shape index (κ2) is 4.40. The van der Waals surface area contributed by atoms with E-state index in [-0.39, 0.29) is 21.9 Å². The Hall–Kier alpha value is -0.200. The van der Waals surface area contributed by atoms with Crippen LogP contribution in [-0.4, -0.2) is 24.7 Å². The molecule has 0 heterocycles. The Morgan fingerprint density at radius 3 is 2.42 bits per heavy atom. The van der Waals surface area contributed by atoms with Crippen molar-refractivity contribution in [2.75, 3.05) is 0 Å². The number of nitrogens with two attached hydrogens (primary N) is 1. The normalized spacial score (nSPS) is 38.3. The summed E-state index contributed by atoms with van der Waals surface area (Å²) in [5.41, 5.74) is 5.55. The SMILES string of the molecule is CC(C(N)=S)S(=O)(=O)NC1C2(C)CCC(C2)C1(C)C. The molecule has 2 aliphatic rings. The van der Waals surface area contributed by atoms with Gasteiger partial charge in [-0.15, -0.1) is 0 Å². The lowest BCUT2D eigenvalue weighted by molar-refractivity contribution is 0.127. The molecule has 6 heteroatoms. The van der Waals surface area contributed by atoms with E-state index >= 15 is 0 Å². The molecule has 0 aromatic heterocycles. The van der Waals surface area contributed by atoms with Gasteiger partial charge in [0.25, 0.3) is 0 Å². The summed E-state index contributed by atoms with van der Waals surface area (Å²) in [6.45, 7) is 8.08. The second-order valence-corrected chi connectivity index (χ2v) is 9.56. The number of sulfonamides is 1. The molecular weight excluding hydrogens is 280 g/mol. The van der Waals surface area contributed by atoms with Crippen molar-refractivity contribution in [3.63, 3.8) is 0 Å². The molecular formula is C13H24N2O2S2. The van der Waals surface area contributed by atoms with Gasteiger partial charge in [0.2, 0.25) is 10.0 Å². The standard InChI is InChI=1S/C13H24N2O2S2/c1-8(10(14)18)19(16,17)15-11-12(2,3)9-5-6-13(11,4)7-9/h8-9,11,15H,5-7H2,1-4H3,(H2,14,18). The lowest BCUT2D eigenvalue weighted by atomic mass is 9.69. The van der Waals surface area contributed by atoms with E-state index in [2.05, 4.69) is 25.5 Å². The summed E-state index contributed by atoms with van der Waals surface area (Å²) in [6.07, 6.45) is 3.40. The van der Waals surface area contributed by atoms with Crippen molar-refractivity contribution >= 4 is 27.2 Å². The zero-order valence-electron chi connectivity index (χ0n) is 12.1. The van der Waals surface area contributed by atoms with Crippen molar-refractivity contribution in [2.45, 2.75) is 58.2 Å². The monoisotopic (exact) mass is 304 g/mol. The molecule has 4 unspecified atom stereocenters. The molecule has 0 aromatic rings. The van der Waals surface area contributed by atoms with Crippen LogP contribution in [0.3, 0.4) is 0 Å². The fraction of sp³-hybridized carbons (Fsp3) is 0.923. The summed E-state index contributed by atoms with van der Waals surface area (Å²) >= 11 is 4.82. The minimum absolute atomic E-state index is 0.00396. The predicted octanol–water partition coefficient (Wildman–Crippen LogP) is 1.80. The molecule has 0 amide bonds. The van der Waals surface area contributed by atoms with Crippen LogP contribution in [-0.2, 0) is 10.0 Å². The maximum atomic E-state index is 12.4. The van der Waals surface area contributed by atoms with E-state index < -0.39 is 15.3 Å². The number of nitrogens with one attached hydrogen (secondary N) is 1. The fourth-order valence-electron chi connectivity index (χ4n) is 4.02. The van der Waals surface area contributed by atoms with E-state index in [1.165, 1.54) is 6.42 Å². The molecule has 2 fully saturated rings. The summed E-state index contributed by atoms with van der Waals surface area (Å²) in [7, 11) is -3.49. The van der Waals surface area contributed by atoms with E-state index in [4.69, 9.17) is 18.0 Å². The van der Waals surface area contributed by atoms with E-state index in [0.29, 0.717) is 5.92 Å². The van der Waals surface area contributed by atoms with E-state index in [9.17, 15) is 8.42 Å². The van der Waals surface area contributed by atoms with Gasteiger partial charge in [-0.25, -0.2) is 13.1 Å². The van der Waals surface area contributed by atoms with Gasteiger partial charge in [0.15, 0.2) is 0 Å². The molecule has 110 valence electrons. The Morgan fingerprint density at radius 1 is 1.42 bits per heavy atom. The van der Waals surface area contributed by atoms with Gasteiger partial charge in [-0.05, 0) is 42.9 Å². The first-order chi connectivity index (χ1) is 8.51. The number of hydrogen-bond donors (Lipinski definition) is 2. The average molecular weight is 304 g/mol. The van der Waals surface area contributed by atoms with Gasteiger partial charge in [0.1, 0.15) is 5.25 Å². The van der Waals surface area contributed by atoms with Crippen molar-refractivity contribution < 1.29 is 8.42 Å². The third kappa shape index (κ3) is 2.32. The average Bonchev–Trinajstić information content (AvgIpc) is 2.74. The smallest absolute Gasteiger partial charge is 0.221 e. The Morgan fingerprint density at radius 2 is 2.00 bits per heavy atom. The molecule has 2 aliphatic carbocycles. The Bertz CT molecular complexity index is 496. The third-order valence-electron chi connectivity index (χ3n) is 5.42. The molecule has 0 spiro atoms. The summed E-state index contributed by atoms with van der Waals surface area (Å²) in [4.78, 5) is 0.0265. The summed E-state index contributed by atoms with van der Waals surface area (Å²) < 4.78 is 27.6. The van der Waals surface area contributed by atoms with Crippen LogP contribution < -0.4 is 10.5 Å². The summed E-state index contributed by atoms with van der Waals surface area (Å²) in [6, 6.07) is -0.0273. The van der Waals surface area contributed by atoms with Crippen LogP contribution in [0.5, 0.6) is 0 Å². The topological polar surface area (TPSA) is 72.2 Å². The van der Waals surface area contributed by atoms with Gasteiger partial charge in [-0.1, -0.05) is 33.0 Å². The van der Waals surface area contributed by atoms with Crippen molar-refractivity contribution in [2.24, 2.45) is 22.5 Å².